The lowest BCUT2D eigenvalue weighted by Gasteiger charge is -2.14. The molecule has 3 rings (SSSR count). The molecule has 1 fully saturated rings. The van der Waals surface area contributed by atoms with Crippen LogP contribution in [0, 0.1) is 5.92 Å². The SMILES string of the molecule is CCNC1CCc2c(OCC3CC3)cccc21. The summed E-state index contributed by atoms with van der Waals surface area (Å²) in [7, 11) is 0. The number of nitrogens with one attached hydrogen (secondary N) is 1. The van der Waals surface area contributed by atoms with Crippen molar-refractivity contribution in [3.05, 3.63) is 29.3 Å². The highest BCUT2D eigenvalue weighted by Crippen LogP contribution is 2.38. The minimum atomic E-state index is 0.541. The number of fused-ring (bicyclic) bond motifs is 1. The van der Waals surface area contributed by atoms with Crippen LogP contribution in [0.1, 0.15) is 43.4 Å². The zero-order chi connectivity index (χ0) is 11.7. The largest absolute Gasteiger partial charge is 0.493 e. The van der Waals surface area contributed by atoms with Gasteiger partial charge in [-0.2, -0.15) is 0 Å². The van der Waals surface area contributed by atoms with Crippen molar-refractivity contribution < 1.29 is 4.74 Å². The van der Waals surface area contributed by atoms with Crippen LogP contribution in [0.15, 0.2) is 18.2 Å². The maximum absolute atomic E-state index is 5.97. The summed E-state index contributed by atoms with van der Waals surface area (Å²) in [4.78, 5) is 0. The Bertz CT molecular complexity index is 398. The highest BCUT2D eigenvalue weighted by Gasteiger charge is 2.26. The molecule has 1 aromatic rings. The molecule has 0 bridgehead atoms. The molecule has 92 valence electrons. The molecular weight excluding hydrogens is 210 g/mol. The Morgan fingerprint density at radius 1 is 1.29 bits per heavy atom. The summed E-state index contributed by atoms with van der Waals surface area (Å²) in [6, 6.07) is 7.06. The minimum Gasteiger partial charge on any atom is -0.493 e. The van der Waals surface area contributed by atoms with Crippen LogP contribution in [0.2, 0.25) is 0 Å². The normalized spacial score (nSPS) is 22.5. The van der Waals surface area contributed by atoms with Gasteiger partial charge in [0.1, 0.15) is 5.75 Å². The number of rotatable bonds is 5. The number of hydrogen-bond acceptors (Lipinski definition) is 2. The molecule has 1 atom stereocenters. The van der Waals surface area contributed by atoms with Crippen molar-refractivity contribution in [1.29, 1.82) is 0 Å². The van der Waals surface area contributed by atoms with Crippen LogP contribution in [0.25, 0.3) is 0 Å². The third kappa shape index (κ3) is 2.32. The van der Waals surface area contributed by atoms with E-state index in [1.807, 2.05) is 0 Å². The molecule has 1 N–H and O–H groups in total. The van der Waals surface area contributed by atoms with Crippen LogP contribution in [-0.4, -0.2) is 13.2 Å². The Morgan fingerprint density at radius 3 is 2.94 bits per heavy atom. The molecule has 2 heteroatoms. The minimum absolute atomic E-state index is 0.541. The molecule has 1 saturated carbocycles. The smallest absolute Gasteiger partial charge is 0.122 e. The Labute approximate surface area is 103 Å². The lowest BCUT2D eigenvalue weighted by atomic mass is 10.1. The van der Waals surface area contributed by atoms with Crippen molar-refractivity contribution >= 4 is 0 Å². The fourth-order valence-electron chi connectivity index (χ4n) is 2.71. The van der Waals surface area contributed by atoms with Gasteiger partial charge in [0.25, 0.3) is 0 Å². The van der Waals surface area contributed by atoms with Gasteiger partial charge in [-0.25, -0.2) is 0 Å². The zero-order valence-electron chi connectivity index (χ0n) is 10.5. The standard InChI is InChI=1S/C15H21NO/c1-2-16-14-9-8-13-12(14)4-3-5-15(13)17-10-11-6-7-11/h3-5,11,14,16H,2,6-10H2,1H3. The second-order valence-corrected chi connectivity index (χ2v) is 5.23. The third-order valence-corrected chi connectivity index (χ3v) is 3.85. The van der Waals surface area contributed by atoms with Gasteiger partial charge in [-0.05, 0) is 55.3 Å². The molecule has 0 aliphatic heterocycles. The van der Waals surface area contributed by atoms with Crippen LogP contribution in [-0.2, 0) is 6.42 Å². The topological polar surface area (TPSA) is 21.3 Å². The molecule has 17 heavy (non-hydrogen) atoms. The van der Waals surface area contributed by atoms with Gasteiger partial charge in [0.15, 0.2) is 0 Å². The summed E-state index contributed by atoms with van der Waals surface area (Å²) in [6.45, 7) is 4.13. The fourth-order valence-corrected chi connectivity index (χ4v) is 2.71. The molecule has 2 nitrogen and oxygen atoms in total. The van der Waals surface area contributed by atoms with Gasteiger partial charge < -0.3 is 10.1 Å². The van der Waals surface area contributed by atoms with Crippen molar-refractivity contribution in [2.24, 2.45) is 5.92 Å². The summed E-state index contributed by atoms with van der Waals surface area (Å²) in [5.74, 6) is 1.96. The summed E-state index contributed by atoms with van der Waals surface area (Å²) in [5.41, 5.74) is 2.90. The molecule has 0 radical (unpaired) electrons. The lowest BCUT2D eigenvalue weighted by molar-refractivity contribution is 0.297. The van der Waals surface area contributed by atoms with Crippen molar-refractivity contribution in [3.63, 3.8) is 0 Å². The fraction of sp³-hybridized carbons (Fsp3) is 0.600. The highest BCUT2D eigenvalue weighted by molar-refractivity contribution is 5.45. The summed E-state index contributed by atoms with van der Waals surface area (Å²) >= 11 is 0. The van der Waals surface area contributed by atoms with Crippen LogP contribution < -0.4 is 10.1 Å². The first-order chi connectivity index (χ1) is 8.38. The van der Waals surface area contributed by atoms with E-state index in [1.165, 1.54) is 30.4 Å². The lowest BCUT2D eigenvalue weighted by Crippen LogP contribution is -2.18. The van der Waals surface area contributed by atoms with Gasteiger partial charge in [0, 0.05) is 6.04 Å². The molecule has 0 saturated heterocycles. The van der Waals surface area contributed by atoms with E-state index < -0.39 is 0 Å². The molecule has 1 aromatic carbocycles. The van der Waals surface area contributed by atoms with Crippen LogP contribution in [0.4, 0.5) is 0 Å². The van der Waals surface area contributed by atoms with Gasteiger partial charge in [-0.3, -0.25) is 0 Å². The molecular formula is C15H21NO. The Kier molecular flexibility index (Phi) is 3.06. The van der Waals surface area contributed by atoms with Crippen molar-refractivity contribution in [1.82, 2.24) is 5.32 Å². The maximum Gasteiger partial charge on any atom is 0.122 e. The van der Waals surface area contributed by atoms with E-state index >= 15 is 0 Å². The van der Waals surface area contributed by atoms with E-state index in [2.05, 4.69) is 30.4 Å². The third-order valence-electron chi connectivity index (χ3n) is 3.85. The van der Waals surface area contributed by atoms with E-state index in [9.17, 15) is 0 Å². The van der Waals surface area contributed by atoms with Crippen LogP contribution >= 0.6 is 0 Å². The molecule has 2 aliphatic rings. The second kappa shape index (κ2) is 4.69. The van der Waals surface area contributed by atoms with Crippen molar-refractivity contribution in [3.8, 4) is 5.75 Å². The quantitative estimate of drug-likeness (QED) is 0.841. The van der Waals surface area contributed by atoms with E-state index in [0.717, 1.165) is 31.2 Å². The van der Waals surface area contributed by atoms with E-state index in [0.29, 0.717) is 6.04 Å². The van der Waals surface area contributed by atoms with Crippen LogP contribution in [0.3, 0.4) is 0 Å². The summed E-state index contributed by atoms with van der Waals surface area (Å²) in [5, 5.41) is 3.55. The van der Waals surface area contributed by atoms with Crippen LogP contribution in [0.5, 0.6) is 5.75 Å². The van der Waals surface area contributed by atoms with Gasteiger partial charge in [0.2, 0.25) is 0 Å². The highest BCUT2D eigenvalue weighted by atomic mass is 16.5. The van der Waals surface area contributed by atoms with Crippen molar-refractivity contribution in [2.75, 3.05) is 13.2 Å². The Morgan fingerprint density at radius 2 is 2.18 bits per heavy atom. The molecule has 2 aliphatic carbocycles. The monoisotopic (exact) mass is 231 g/mol. The number of benzene rings is 1. The Hall–Kier alpha value is -1.02. The number of hydrogen-bond donors (Lipinski definition) is 1. The molecule has 0 spiro atoms. The second-order valence-electron chi connectivity index (χ2n) is 5.23. The zero-order valence-corrected chi connectivity index (χ0v) is 10.5. The van der Waals surface area contributed by atoms with E-state index in [1.54, 1.807) is 0 Å². The van der Waals surface area contributed by atoms with Crippen molar-refractivity contribution in [2.45, 2.75) is 38.6 Å². The predicted octanol–water partition coefficient (Wildman–Crippen LogP) is 3.07. The number of ether oxygens (including phenoxy) is 1. The molecule has 0 heterocycles. The van der Waals surface area contributed by atoms with Gasteiger partial charge in [-0.15, -0.1) is 0 Å². The summed E-state index contributed by atoms with van der Waals surface area (Å²) in [6.07, 6.45) is 5.09. The Balaban J connectivity index is 1.76. The van der Waals surface area contributed by atoms with Gasteiger partial charge in [-0.1, -0.05) is 19.1 Å². The predicted molar refractivity (Wildman–Crippen MR) is 69.4 cm³/mol. The molecule has 0 aromatic heterocycles. The van der Waals surface area contributed by atoms with E-state index in [-0.39, 0.29) is 0 Å². The first-order valence-corrected chi connectivity index (χ1v) is 6.86. The van der Waals surface area contributed by atoms with E-state index in [4.69, 9.17) is 4.74 Å². The van der Waals surface area contributed by atoms with Gasteiger partial charge in [0.05, 0.1) is 6.61 Å². The maximum atomic E-state index is 5.97. The average Bonchev–Trinajstić information content (AvgIpc) is 3.09. The average molecular weight is 231 g/mol. The van der Waals surface area contributed by atoms with Gasteiger partial charge >= 0.3 is 0 Å². The molecule has 1 unspecified atom stereocenters. The summed E-state index contributed by atoms with van der Waals surface area (Å²) < 4.78 is 5.97. The molecule has 0 amide bonds. The first-order valence-electron chi connectivity index (χ1n) is 6.86. The first kappa shape index (κ1) is 11.1.